The third-order valence-corrected chi connectivity index (χ3v) is 2.44. The molecule has 1 saturated heterocycles. The van der Waals surface area contributed by atoms with Crippen molar-refractivity contribution in [3.8, 4) is 0 Å². The smallest absolute Gasteiger partial charge is 0.249 e. The van der Waals surface area contributed by atoms with Crippen LogP contribution in [0.3, 0.4) is 0 Å². The van der Waals surface area contributed by atoms with E-state index in [9.17, 15) is 4.79 Å². The van der Waals surface area contributed by atoms with Crippen LogP contribution in [0.5, 0.6) is 0 Å². The number of carbonyl (C=O) groups excluding carboxylic acids is 1. The summed E-state index contributed by atoms with van der Waals surface area (Å²) in [5.41, 5.74) is 0.633. The molecule has 13 heavy (non-hydrogen) atoms. The fraction of sp³-hybridized carbons (Fsp3) is 0.700. The lowest BCUT2D eigenvalue weighted by Crippen LogP contribution is -2.41. The van der Waals surface area contributed by atoms with Crippen molar-refractivity contribution in [1.29, 1.82) is 0 Å². The van der Waals surface area contributed by atoms with Crippen molar-refractivity contribution in [2.75, 3.05) is 19.6 Å². The van der Waals surface area contributed by atoms with Gasteiger partial charge in [-0.25, -0.2) is 0 Å². The van der Waals surface area contributed by atoms with E-state index in [1.807, 2.05) is 11.8 Å². The van der Waals surface area contributed by atoms with E-state index < -0.39 is 0 Å². The van der Waals surface area contributed by atoms with Crippen LogP contribution in [0, 0.1) is 0 Å². The van der Waals surface area contributed by atoms with Crippen LogP contribution in [0.25, 0.3) is 0 Å². The van der Waals surface area contributed by atoms with Gasteiger partial charge >= 0.3 is 0 Å². The lowest BCUT2D eigenvalue weighted by atomic mass is 10.2. The Balaban J connectivity index is 2.60. The van der Waals surface area contributed by atoms with Crippen molar-refractivity contribution in [1.82, 2.24) is 10.2 Å². The summed E-state index contributed by atoms with van der Waals surface area (Å²) in [6, 6.07) is 0.370. The van der Waals surface area contributed by atoms with E-state index in [0.717, 1.165) is 26.1 Å². The third-order valence-electron chi connectivity index (χ3n) is 2.44. The van der Waals surface area contributed by atoms with E-state index in [-0.39, 0.29) is 5.91 Å². The monoisotopic (exact) mass is 182 g/mol. The minimum atomic E-state index is 0.0937. The third kappa shape index (κ3) is 2.31. The summed E-state index contributed by atoms with van der Waals surface area (Å²) < 4.78 is 0. The second kappa shape index (κ2) is 4.42. The minimum absolute atomic E-state index is 0.0937. The van der Waals surface area contributed by atoms with Gasteiger partial charge in [0.15, 0.2) is 0 Å². The van der Waals surface area contributed by atoms with Crippen molar-refractivity contribution < 1.29 is 4.79 Å². The molecule has 0 bridgehead atoms. The molecule has 3 heteroatoms. The Hall–Kier alpha value is -0.830. The first-order valence-electron chi connectivity index (χ1n) is 4.84. The topological polar surface area (TPSA) is 32.3 Å². The number of nitrogens with zero attached hydrogens (tertiary/aromatic N) is 1. The van der Waals surface area contributed by atoms with Crippen LogP contribution in [-0.2, 0) is 4.79 Å². The van der Waals surface area contributed by atoms with Gasteiger partial charge in [-0.1, -0.05) is 6.58 Å². The average Bonchev–Trinajstić information content (AvgIpc) is 2.58. The van der Waals surface area contributed by atoms with Crippen LogP contribution >= 0.6 is 0 Å². The molecule has 0 radical (unpaired) electrons. The molecular formula is C10H18N2O. The van der Waals surface area contributed by atoms with Gasteiger partial charge in [-0.05, 0) is 26.8 Å². The van der Waals surface area contributed by atoms with Crippen LogP contribution in [0.2, 0.25) is 0 Å². The van der Waals surface area contributed by atoms with E-state index in [4.69, 9.17) is 0 Å². The van der Waals surface area contributed by atoms with Gasteiger partial charge in [-0.2, -0.15) is 0 Å². The second-order valence-electron chi connectivity index (χ2n) is 3.52. The summed E-state index contributed by atoms with van der Waals surface area (Å²) in [6.07, 6.45) is 1.06. The molecule has 0 spiro atoms. The fourth-order valence-electron chi connectivity index (χ4n) is 1.72. The molecule has 1 rings (SSSR count). The Labute approximate surface area is 79.8 Å². The maximum atomic E-state index is 11.7. The second-order valence-corrected chi connectivity index (χ2v) is 3.52. The zero-order valence-electron chi connectivity index (χ0n) is 8.47. The molecule has 1 N–H and O–H groups in total. The average molecular weight is 182 g/mol. The highest BCUT2D eigenvalue weighted by atomic mass is 16.2. The molecule has 1 aliphatic rings. The summed E-state index contributed by atoms with van der Waals surface area (Å²) in [5.74, 6) is 0.0937. The van der Waals surface area contributed by atoms with Crippen molar-refractivity contribution in [3.05, 3.63) is 12.2 Å². The summed E-state index contributed by atoms with van der Waals surface area (Å²) >= 11 is 0. The Morgan fingerprint density at radius 3 is 2.77 bits per heavy atom. The molecule has 1 heterocycles. The molecule has 74 valence electrons. The quantitative estimate of drug-likeness (QED) is 0.654. The van der Waals surface area contributed by atoms with Gasteiger partial charge in [0.2, 0.25) is 5.91 Å². The van der Waals surface area contributed by atoms with Crippen LogP contribution in [-0.4, -0.2) is 36.5 Å². The van der Waals surface area contributed by atoms with Gasteiger partial charge in [0, 0.05) is 24.7 Å². The summed E-state index contributed by atoms with van der Waals surface area (Å²) in [4.78, 5) is 13.6. The lowest BCUT2D eigenvalue weighted by Gasteiger charge is -2.27. The predicted octanol–water partition coefficient (Wildman–Crippen LogP) is 0.773. The van der Waals surface area contributed by atoms with Crippen molar-refractivity contribution in [2.45, 2.75) is 26.3 Å². The van der Waals surface area contributed by atoms with E-state index in [1.54, 1.807) is 6.92 Å². The molecule has 0 aromatic rings. The zero-order chi connectivity index (χ0) is 9.84. The number of carbonyl (C=O) groups is 1. The molecular weight excluding hydrogens is 164 g/mol. The number of likely N-dealkylation sites (N-methyl/N-ethyl adjacent to an activating group) is 1. The zero-order valence-corrected chi connectivity index (χ0v) is 8.47. The Bertz CT molecular complexity index is 207. The Kier molecular flexibility index (Phi) is 3.48. The number of hydrogen-bond acceptors (Lipinski definition) is 2. The largest absolute Gasteiger partial charge is 0.335 e. The SMILES string of the molecule is C=C(C)C(=O)N(CC)[C@H]1CCNC1. The van der Waals surface area contributed by atoms with Gasteiger partial charge in [0.1, 0.15) is 0 Å². The highest BCUT2D eigenvalue weighted by Gasteiger charge is 2.24. The first kappa shape index (κ1) is 10.3. The summed E-state index contributed by atoms with van der Waals surface area (Å²) in [6.45, 7) is 10.2. The highest BCUT2D eigenvalue weighted by Crippen LogP contribution is 2.10. The maximum Gasteiger partial charge on any atom is 0.249 e. The number of rotatable bonds is 3. The molecule has 0 aromatic heterocycles. The van der Waals surface area contributed by atoms with Gasteiger partial charge in [0.05, 0.1) is 0 Å². The van der Waals surface area contributed by atoms with E-state index in [2.05, 4.69) is 11.9 Å². The van der Waals surface area contributed by atoms with E-state index >= 15 is 0 Å². The van der Waals surface area contributed by atoms with Crippen LogP contribution in [0.4, 0.5) is 0 Å². The van der Waals surface area contributed by atoms with Gasteiger partial charge in [0.25, 0.3) is 0 Å². The highest BCUT2D eigenvalue weighted by molar-refractivity contribution is 5.92. The first-order valence-corrected chi connectivity index (χ1v) is 4.84. The molecule has 0 saturated carbocycles. The standard InChI is InChI=1S/C10H18N2O/c1-4-12(10(13)8(2)3)9-5-6-11-7-9/h9,11H,2,4-7H2,1,3H3/t9-/m0/s1. The van der Waals surface area contributed by atoms with E-state index in [1.165, 1.54) is 0 Å². The van der Waals surface area contributed by atoms with Crippen LogP contribution in [0.1, 0.15) is 20.3 Å². The van der Waals surface area contributed by atoms with Gasteiger partial charge in [-0.15, -0.1) is 0 Å². The van der Waals surface area contributed by atoms with Crippen LogP contribution < -0.4 is 5.32 Å². The van der Waals surface area contributed by atoms with Gasteiger partial charge in [-0.3, -0.25) is 4.79 Å². The molecule has 1 atom stereocenters. The normalized spacial score (nSPS) is 21.5. The first-order chi connectivity index (χ1) is 6.16. The molecule has 3 nitrogen and oxygen atoms in total. The summed E-state index contributed by atoms with van der Waals surface area (Å²) in [5, 5.41) is 3.26. The lowest BCUT2D eigenvalue weighted by molar-refractivity contribution is -0.128. The van der Waals surface area contributed by atoms with Crippen LogP contribution in [0.15, 0.2) is 12.2 Å². The van der Waals surface area contributed by atoms with Crippen molar-refractivity contribution in [2.24, 2.45) is 0 Å². The molecule has 0 aromatic carbocycles. The predicted molar refractivity (Wildman–Crippen MR) is 53.5 cm³/mol. The molecule has 1 aliphatic heterocycles. The number of hydrogen-bond donors (Lipinski definition) is 1. The van der Waals surface area contributed by atoms with Crippen molar-refractivity contribution >= 4 is 5.91 Å². The molecule has 0 unspecified atom stereocenters. The number of nitrogens with one attached hydrogen (secondary N) is 1. The Morgan fingerprint density at radius 2 is 2.38 bits per heavy atom. The maximum absolute atomic E-state index is 11.7. The number of amides is 1. The molecule has 1 fully saturated rings. The molecule has 0 aliphatic carbocycles. The fourth-order valence-corrected chi connectivity index (χ4v) is 1.72. The van der Waals surface area contributed by atoms with E-state index in [0.29, 0.717) is 11.6 Å². The molecule has 1 amide bonds. The Morgan fingerprint density at radius 1 is 1.69 bits per heavy atom. The summed E-state index contributed by atoms with van der Waals surface area (Å²) in [7, 11) is 0. The minimum Gasteiger partial charge on any atom is -0.335 e. The van der Waals surface area contributed by atoms with Gasteiger partial charge < -0.3 is 10.2 Å². The van der Waals surface area contributed by atoms with Crippen molar-refractivity contribution in [3.63, 3.8) is 0 Å².